The van der Waals surface area contributed by atoms with E-state index in [9.17, 15) is 4.79 Å². The Morgan fingerprint density at radius 3 is 2.08 bits per heavy atom. The highest BCUT2D eigenvalue weighted by Gasteiger charge is 2.42. The summed E-state index contributed by atoms with van der Waals surface area (Å²) in [5.41, 5.74) is 0. The van der Waals surface area contributed by atoms with Gasteiger partial charge in [-0.05, 0) is 26.7 Å². The van der Waals surface area contributed by atoms with E-state index in [1.165, 1.54) is 0 Å². The summed E-state index contributed by atoms with van der Waals surface area (Å²) in [7, 11) is 0. The van der Waals surface area contributed by atoms with Crippen LogP contribution < -0.4 is 0 Å². The van der Waals surface area contributed by atoms with Crippen LogP contribution in [-0.4, -0.2) is 23.8 Å². The summed E-state index contributed by atoms with van der Waals surface area (Å²) >= 11 is 0. The zero-order chi connectivity index (χ0) is 9.47. The minimum Gasteiger partial charge on any atom is -0.345 e. The van der Waals surface area contributed by atoms with Crippen molar-refractivity contribution in [2.75, 3.05) is 0 Å². The number of hydrogen-bond donors (Lipinski definition) is 0. The van der Waals surface area contributed by atoms with Crippen molar-refractivity contribution >= 4 is 5.78 Å². The van der Waals surface area contributed by atoms with E-state index in [0.29, 0.717) is 18.6 Å². The van der Waals surface area contributed by atoms with E-state index in [4.69, 9.17) is 9.47 Å². The third-order valence-electron chi connectivity index (χ3n) is 2.70. The highest BCUT2D eigenvalue weighted by atomic mass is 16.7. The van der Waals surface area contributed by atoms with Crippen molar-refractivity contribution in [3.63, 3.8) is 0 Å². The smallest absolute Gasteiger partial charge is 0.163 e. The SMILES string of the molecule is CC1(C)O[C@H]2CCC(=O)CC[C@H]2O1. The van der Waals surface area contributed by atoms with E-state index < -0.39 is 5.79 Å². The first kappa shape index (κ1) is 9.16. The van der Waals surface area contributed by atoms with E-state index in [2.05, 4.69) is 0 Å². The summed E-state index contributed by atoms with van der Waals surface area (Å²) in [6, 6.07) is 0. The zero-order valence-corrected chi connectivity index (χ0v) is 8.21. The van der Waals surface area contributed by atoms with Gasteiger partial charge in [0, 0.05) is 12.8 Å². The van der Waals surface area contributed by atoms with E-state index >= 15 is 0 Å². The lowest BCUT2D eigenvalue weighted by Gasteiger charge is -2.17. The van der Waals surface area contributed by atoms with Gasteiger partial charge in [0.25, 0.3) is 0 Å². The number of hydrogen-bond acceptors (Lipinski definition) is 3. The summed E-state index contributed by atoms with van der Waals surface area (Å²) in [5, 5.41) is 0. The molecule has 1 heterocycles. The van der Waals surface area contributed by atoms with Crippen LogP contribution in [0.5, 0.6) is 0 Å². The van der Waals surface area contributed by atoms with Crippen LogP contribution in [0.3, 0.4) is 0 Å². The fraction of sp³-hybridized carbons (Fsp3) is 0.900. The van der Waals surface area contributed by atoms with Crippen LogP contribution in [0.2, 0.25) is 0 Å². The molecule has 3 heteroatoms. The first-order valence-corrected chi connectivity index (χ1v) is 4.94. The molecule has 2 fully saturated rings. The molecule has 1 saturated carbocycles. The molecule has 13 heavy (non-hydrogen) atoms. The summed E-state index contributed by atoms with van der Waals surface area (Å²) in [5.74, 6) is -0.102. The van der Waals surface area contributed by atoms with Crippen molar-refractivity contribution in [1.29, 1.82) is 0 Å². The predicted molar refractivity (Wildman–Crippen MR) is 47.3 cm³/mol. The van der Waals surface area contributed by atoms with Crippen molar-refractivity contribution in [2.45, 2.75) is 57.5 Å². The number of fused-ring (bicyclic) bond motifs is 1. The number of rotatable bonds is 0. The van der Waals surface area contributed by atoms with Gasteiger partial charge in [0.1, 0.15) is 5.78 Å². The maximum atomic E-state index is 11.2. The van der Waals surface area contributed by atoms with Crippen molar-refractivity contribution in [1.82, 2.24) is 0 Å². The Bertz CT molecular complexity index is 202. The van der Waals surface area contributed by atoms with Gasteiger partial charge < -0.3 is 9.47 Å². The second-order valence-corrected chi connectivity index (χ2v) is 4.33. The number of ketones is 1. The predicted octanol–water partition coefficient (Wildman–Crippen LogP) is 1.65. The topological polar surface area (TPSA) is 35.5 Å². The van der Waals surface area contributed by atoms with Crippen LogP contribution >= 0.6 is 0 Å². The molecule has 0 amide bonds. The second-order valence-electron chi connectivity index (χ2n) is 4.33. The number of ether oxygens (including phenoxy) is 2. The first-order valence-electron chi connectivity index (χ1n) is 4.94. The van der Waals surface area contributed by atoms with Gasteiger partial charge in [-0.25, -0.2) is 0 Å². The third-order valence-corrected chi connectivity index (χ3v) is 2.70. The molecule has 0 radical (unpaired) electrons. The maximum Gasteiger partial charge on any atom is 0.163 e. The lowest BCUT2D eigenvalue weighted by molar-refractivity contribution is -0.149. The maximum absolute atomic E-state index is 11.2. The normalized spacial score (nSPS) is 38.5. The molecule has 0 aromatic rings. The Morgan fingerprint density at radius 2 is 1.62 bits per heavy atom. The highest BCUT2D eigenvalue weighted by Crippen LogP contribution is 2.34. The third kappa shape index (κ3) is 1.92. The van der Waals surface area contributed by atoms with Gasteiger partial charge in [-0.15, -0.1) is 0 Å². The summed E-state index contributed by atoms with van der Waals surface area (Å²) in [6.07, 6.45) is 3.24. The van der Waals surface area contributed by atoms with E-state index in [-0.39, 0.29) is 12.2 Å². The Hall–Kier alpha value is -0.410. The molecular formula is C10H16O3. The molecular weight excluding hydrogens is 168 g/mol. The molecule has 1 saturated heterocycles. The van der Waals surface area contributed by atoms with Gasteiger partial charge in [0.2, 0.25) is 0 Å². The van der Waals surface area contributed by atoms with Gasteiger partial charge in [-0.3, -0.25) is 4.79 Å². The lowest BCUT2D eigenvalue weighted by Crippen LogP contribution is -2.21. The standard InChI is InChI=1S/C10H16O3/c1-10(2)12-8-5-3-7(11)4-6-9(8)13-10/h8-9H,3-6H2,1-2H3/t8-,9+. The highest BCUT2D eigenvalue weighted by molar-refractivity contribution is 5.78. The second kappa shape index (κ2) is 3.07. The largest absolute Gasteiger partial charge is 0.345 e. The summed E-state index contributed by atoms with van der Waals surface area (Å²) in [4.78, 5) is 11.2. The zero-order valence-electron chi connectivity index (χ0n) is 8.21. The van der Waals surface area contributed by atoms with Gasteiger partial charge in [0.15, 0.2) is 5.79 Å². The molecule has 0 N–H and O–H groups in total. The molecule has 2 aliphatic rings. The van der Waals surface area contributed by atoms with Gasteiger partial charge in [-0.1, -0.05) is 0 Å². The van der Waals surface area contributed by atoms with Crippen LogP contribution in [0, 0.1) is 0 Å². The average Bonchev–Trinajstić information content (AvgIpc) is 2.23. The molecule has 0 aromatic carbocycles. The van der Waals surface area contributed by atoms with Crippen LogP contribution in [0.4, 0.5) is 0 Å². The minimum absolute atomic E-state index is 0.140. The Kier molecular flexibility index (Phi) is 2.16. The van der Waals surface area contributed by atoms with E-state index in [1.807, 2.05) is 13.8 Å². The molecule has 0 spiro atoms. The molecule has 74 valence electrons. The summed E-state index contributed by atoms with van der Waals surface area (Å²) in [6.45, 7) is 3.87. The molecule has 2 atom stereocenters. The molecule has 0 unspecified atom stereocenters. The fourth-order valence-corrected chi connectivity index (χ4v) is 2.13. The molecule has 1 aliphatic heterocycles. The Balaban J connectivity index is 2.04. The Morgan fingerprint density at radius 1 is 1.15 bits per heavy atom. The lowest BCUT2D eigenvalue weighted by atomic mass is 10.1. The first-order chi connectivity index (χ1) is 6.07. The number of Topliss-reactive ketones (excluding diaryl/α,β-unsaturated/α-hetero) is 1. The fourth-order valence-electron chi connectivity index (χ4n) is 2.13. The van der Waals surface area contributed by atoms with Crippen molar-refractivity contribution < 1.29 is 14.3 Å². The van der Waals surface area contributed by atoms with E-state index in [1.54, 1.807) is 0 Å². The minimum atomic E-state index is -0.449. The van der Waals surface area contributed by atoms with Crippen molar-refractivity contribution in [2.24, 2.45) is 0 Å². The van der Waals surface area contributed by atoms with E-state index in [0.717, 1.165) is 12.8 Å². The van der Waals surface area contributed by atoms with Gasteiger partial charge in [0.05, 0.1) is 12.2 Å². The molecule has 3 nitrogen and oxygen atoms in total. The van der Waals surface area contributed by atoms with Crippen LogP contribution in [0.25, 0.3) is 0 Å². The van der Waals surface area contributed by atoms with Gasteiger partial charge in [-0.2, -0.15) is 0 Å². The van der Waals surface area contributed by atoms with Gasteiger partial charge >= 0.3 is 0 Å². The van der Waals surface area contributed by atoms with Crippen molar-refractivity contribution in [3.8, 4) is 0 Å². The molecule has 1 aliphatic carbocycles. The monoisotopic (exact) mass is 184 g/mol. The quantitative estimate of drug-likeness (QED) is 0.574. The van der Waals surface area contributed by atoms with Crippen molar-refractivity contribution in [3.05, 3.63) is 0 Å². The number of carbonyl (C=O) groups is 1. The summed E-state index contributed by atoms with van der Waals surface area (Å²) < 4.78 is 11.4. The van der Waals surface area contributed by atoms with Crippen LogP contribution in [0.15, 0.2) is 0 Å². The van der Waals surface area contributed by atoms with Crippen LogP contribution in [-0.2, 0) is 14.3 Å². The average molecular weight is 184 g/mol. The molecule has 2 rings (SSSR count). The number of carbonyl (C=O) groups excluding carboxylic acids is 1. The molecule has 0 bridgehead atoms. The Labute approximate surface area is 78.4 Å². The van der Waals surface area contributed by atoms with Crippen LogP contribution in [0.1, 0.15) is 39.5 Å². The molecule has 0 aromatic heterocycles.